The summed E-state index contributed by atoms with van der Waals surface area (Å²) in [6.07, 6.45) is -0.476. The van der Waals surface area contributed by atoms with Gasteiger partial charge in [0.05, 0.1) is 26.4 Å². The predicted octanol–water partition coefficient (Wildman–Crippen LogP) is 2.70. The molecule has 1 aromatic carbocycles. The number of morpholine rings is 1. The first-order chi connectivity index (χ1) is 10.4. The number of carbonyl (C=O) groups is 1. The molecule has 1 unspecified atom stereocenters. The molecule has 1 amide bonds. The van der Waals surface area contributed by atoms with Crippen molar-refractivity contribution in [3.63, 3.8) is 0 Å². The van der Waals surface area contributed by atoms with Crippen molar-refractivity contribution in [3.05, 3.63) is 23.8 Å². The normalized spacial score (nSPS) is 18.6. The van der Waals surface area contributed by atoms with Gasteiger partial charge in [0.15, 0.2) is 0 Å². The molecule has 6 heteroatoms. The SMILES string of the molecule is COc1ccc(NC(=O)OC(C)(C)C)c(C2COCCN2)c1. The molecule has 1 fully saturated rings. The maximum absolute atomic E-state index is 12.0. The lowest BCUT2D eigenvalue weighted by Crippen LogP contribution is -2.35. The highest BCUT2D eigenvalue weighted by atomic mass is 16.6. The molecule has 1 saturated heterocycles. The molecule has 6 nitrogen and oxygen atoms in total. The number of carbonyl (C=O) groups excluding carboxylic acids is 1. The second-order valence-electron chi connectivity index (χ2n) is 6.16. The highest BCUT2D eigenvalue weighted by Crippen LogP contribution is 2.29. The lowest BCUT2D eigenvalue weighted by atomic mass is 10.0. The molecule has 1 heterocycles. The summed E-state index contributed by atoms with van der Waals surface area (Å²) in [6, 6.07) is 5.53. The molecule has 0 radical (unpaired) electrons. The molecule has 0 aromatic heterocycles. The van der Waals surface area contributed by atoms with E-state index in [0.717, 1.165) is 17.9 Å². The van der Waals surface area contributed by atoms with Gasteiger partial charge in [0.1, 0.15) is 11.4 Å². The first-order valence-corrected chi connectivity index (χ1v) is 7.38. The third-order valence-corrected chi connectivity index (χ3v) is 3.19. The summed E-state index contributed by atoms with van der Waals surface area (Å²) in [4.78, 5) is 12.0. The van der Waals surface area contributed by atoms with Crippen molar-refractivity contribution in [2.45, 2.75) is 32.4 Å². The van der Waals surface area contributed by atoms with Crippen LogP contribution in [0, 0.1) is 0 Å². The van der Waals surface area contributed by atoms with Crippen LogP contribution in [0.3, 0.4) is 0 Å². The average molecular weight is 308 g/mol. The molecule has 0 aliphatic carbocycles. The van der Waals surface area contributed by atoms with Crippen LogP contribution in [-0.4, -0.2) is 38.6 Å². The molecular weight excluding hydrogens is 284 g/mol. The van der Waals surface area contributed by atoms with Gasteiger partial charge in [-0.25, -0.2) is 4.79 Å². The Balaban J connectivity index is 2.20. The molecule has 1 aromatic rings. The number of amides is 1. The van der Waals surface area contributed by atoms with Crippen LogP contribution in [0.25, 0.3) is 0 Å². The summed E-state index contributed by atoms with van der Waals surface area (Å²) in [5.41, 5.74) is 1.08. The van der Waals surface area contributed by atoms with Gasteiger partial charge < -0.3 is 19.5 Å². The van der Waals surface area contributed by atoms with Crippen LogP contribution >= 0.6 is 0 Å². The Morgan fingerprint density at radius 1 is 1.41 bits per heavy atom. The summed E-state index contributed by atoms with van der Waals surface area (Å²) in [5.74, 6) is 0.733. The van der Waals surface area contributed by atoms with E-state index in [1.807, 2.05) is 32.9 Å². The smallest absolute Gasteiger partial charge is 0.412 e. The number of methoxy groups -OCH3 is 1. The highest BCUT2D eigenvalue weighted by molar-refractivity contribution is 5.86. The van der Waals surface area contributed by atoms with E-state index in [0.29, 0.717) is 18.9 Å². The first-order valence-electron chi connectivity index (χ1n) is 7.38. The monoisotopic (exact) mass is 308 g/mol. The zero-order valence-electron chi connectivity index (χ0n) is 13.6. The first kappa shape index (κ1) is 16.6. The number of anilines is 1. The highest BCUT2D eigenvalue weighted by Gasteiger charge is 2.22. The quantitative estimate of drug-likeness (QED) is 0.898. The maximum Gasteiger partial charge on any atom is 0.412 e. The lowest BCUT2D eigenvalue weighted by molar-refractivity contribution is 0.0633. The van der Waals surface area contributed by atoms with Crippen molar-refractivity contribution in [3.8, 4) is 5.75 Å². The van der Waals surface area contributed by atoms with Crippen LogP contribution in [0.2, 0.25) is 0 Å². The Labute approximate surface area is 131 Å². The number of hydrogen-bond acceptors (Lipinski definition) is 5. The molecule has 1 aliphatic heterocycles. The third-order valence-electron chi connectivity index (χ3n) is 3.19. The van der Waals surface area contributed by atoms with Crippen molar-refractivity contribution in [2.75, 3.05) is 32.2 Å². The van der Waals surface area contributed by atoms with E-state index in [1.165, 1.54) is 0 Å². The Morgan fingerprint density at radius 2 is 2.18 bits per heavy atom. The van der Waals surface area contributed by atoms with Gasteiger partial charge in [0, 0.05) is 12.2 Å². The summed E-state index contributed by atoms with van der Waals surface area (Å²) < 4.78 is 16.1. The largest absolute Gasteiger partial charge is 0.497 e. The summed E-state index contributed by atoms with van der Waals surface area (Å²) in [6.45, 7) is 7.51. The molecule has 0 bridgehead atoms. The van der Waals surface area contributed by atoms with E-state index in [9.17, 15) is 4.79 Å². The van der Waals surface area contributed by atoms with Gasteiger partial charge in [-0.1, -0.05) is 0 Å². The fourth-order valence-electron chi connectivity index (χ4n) is 2.25. The summed E-state index contributed by atoms with van der Waals surface area (Å²) in [5, 5.41) is 6.18. The van der Waals surface area contributed by atoms with Crippen molar-refractivity contribution in [1.29, 1.82) is 0 Å². The van der Waals surface area contributed by atoms with Gasteiger partial charge in [-0.3, -0.25) is 5.32 Å². The van der Waals surface area contributed by atoms with Crippen molar-refractivity contribution >= 4 is 11.8 Å². The fraction of sp³-hybridized carbons (Fsp3) is 0.562. The molecule has 2 N–H and O–H groups in total. The predicted molar refractivity (Wildman–Crippen MR) is 84.4 cm³/mol. The second-order valence-corrected chi connectivity index (χ2v) is 6.16. The molecule has 1 aliphatic rings. The van der Waals surface area contributed by atoms with Gasteiger partial charge in [-0.2, -0.15) is 0 Å². The molecular formula is C16H24N2O4. The van der Waals surface area contributed by atoms with Crippen LogP contribution in [0.1, 0.15) is 32.4 Å². The minimum absolute atomic E-state index is 0.00814. The number of benzene rings is 1. The Morgan fingerprint density at radius 3 is 2.77 bits per heavy atom. The zero-order chi connectivity index (χ0) is 16.2. The Bertz CT molecular complexity index is 519. The zero-order valence-corrected chi connectivity index (χ0v) is 13.6. The van der Waals surface area contributed by atoms with Crippen LogP contribution < -0.4 is 15.4 Å². The van der Waals surface area contributed by atoms with Gasteiger partial charge in [0.25, 0.3) is 0 Å². The molecule has 22 heavy (non-hydrogen) atoms. The van der Waals surface area contributed by atoms with E-state index in [4.69, 9.17) is 14.2 Å². The van der Waals surface area contributed by atoms with Gasteiger partial charge in [-0.15, -0.1) is 0 Å². The second kappa shape index (κ2) is 6.98. The van der Waals surface area contributed by atoms with E-state index in [2.05, 4.69) is 10.6 Å². The molecule has 0 spiro atoms. The molecule has 122 valence electrons. The topological polar surface area (TPSA) is 68.8 Å². The van der Waals surface area contributed by atoms with Crippen LogP contribution in [0.4, 0.5) is 10.5 Å². The van der Waals surface area contributed by atoms with Crippen LogP contribution in [-0.2, 0) is 9.47 Å². The fourth-order valence-corrected chi connectivity index (χ4v) is 2.25. The number of ether oxygens (including phenoxy) is 3. The lowest BCUT2D eigenvalue weighted by Gasteiger charge is -2.27. The van der Waals surface area contributed by atoms with E-state index < -0.39 is 11.7 Å². The number of nitrogens with one attached hydrogen (secondary N) is 2. The van der Waals surface area contributed by atoms with Crippen molar-refractivity contribution in [1.82, 2.24) is 5.32 Å². The van der Waals surface area contributed by atoms with Crippen LogP contribution in [0.5, 0.6) is 5.75 Å². The number of hydrogen-bond donors (Lipinski definition) is 2. The molecule has 0 saturated carbocycles. The van der Waals surface area contributed by atoms with Gasteiger partial charge in [-0.05, 0) is 44.5 Å². The summed E-state index contributed by atoms with van der Waals surface area (Å²) in [7, 11) is 1.62. The molecule has 1 atom stereocenters. The van der Waals surface area contributed by atoms with Crippen LogP contribution in [0.15, 0.2) is 18.2 Å². The Hall–Kier alpha value is -1.79. The van der Waals surface area contributed by atoms with E-state index in [1.54, 1.807) is 13.2 Å². The molecule has 2 rings (SSSR count). The van der Waals surface area contributed by atoms with E-state index in [-0.39, 0.29) is 6.04 Å². The number of rotatable bonds is 3. The Kier molecular flexibility index (Phi) is 5.26. The average Bonchev–Trinajstić information content (AvgIpc) is 2.46. The minimum Gasteiger partial charge on any atom is -0.497 e. The van der Waals surface area contributed by atoms with Gasteiger partial charge in [0.2, 0.25) is 0 Å². The van der Waals surface area contributed by atoms with Crippen molar-refractivity contribution < 1.29 is 19.0 Å². The maximum atomic E-state index is 12.0. The summed E-state index contributed by atoms with van der Waals surface area (Å²) >= 11 is 0. The standard InChI is InChI=1S/C16H24N2O4/c1-16(2,3)22-15(19)18-13-6-5-11(20-4)9-12(13)14-10-21-8-7-17-14/h5-6,9,14,17H,7-8,10H2,1-4H3,(H,18,19). The van der Waals surface area contributed by atoms with Gasteiger partial charge >= 0.3 is 6.09 Å². The van der Waals surface area contributed by atoms with E-state index >= 15 is 0 Å². The minimum atomic E-state index is -0.539. The van der Waals surface area contributed by atoms with Crippen molar-refractivity contribution in [2.24, 2.45) is 0 Å². The third kappa shape index (κ3) is 4.61.